The quantitative estimate of drug-likeness (QED) is 0.365. The predicted octanol–water partition coefficient (Wildman–Crippen LogP) is 4.69. The molecular weight excluding hydrogens is 486 g/mol. The normalized spacial score (nSPS) is 15.1. The summed E-state index contributed by atoms with van der Waals surface area (Å²) >= 11 is 9.88. The highest BCUT2D eigenvalue weighted by atomic mass is 79.9. The summed E-state index contributed by atoms with van der Waals surface area (Å²) in [7, 11) is 0. The molecule has 8 nitrogen and oxygen atoms in total. The molecule has 0 radical (unpaired) electrons. The first-order valence-electron chi connectivity index (χ1n) is 7.99. The molecule has 3 amide bonds. The number of anilines is 1. The van der Waals surface area contributed by atoms with Crippen molar-refractivity contribution in [3.63, 3.8) is 0 Å². The van der Waals surface area contributed by atoms with E-state index in [4.69, 9.17) is 11.6 Å². The Balaban J connectivity index is 1.71. The Morgan fingerprint density at radius 1 is 1.28 bits per heavy atom. The standard InChI is InChI=1S/C18H11BrClN3O5S/c19-13-5-4-11(8-14(13)20)21-16(24)9-22-17(25)15(29-18(22)26)7-10-2-1-3-12(6-10)23(27)28/h1-8H,9H2,(H,21,24)/b15-7+. The fourth-order valence-corrected chi connectivity index (χ4v) is 3.70. The molecule has 2 aromatic carbocycles. The molecule has 1 aliphatic rings. The van der Waals surface area contributed by atoms with Crippen molar-refractivity contribution in [2.75, 3.05) is 11.9 Å². The Labute approximate surface area is 182 Å². The van der Waals surface area contributed by atoms with Crippen LogP contribution in [0.15, 0.2) is 51.8 Å². The maximum Gasteiger partial charge on any atom is 0.294 e. The van der Waals surface area contributed by atoms with E-state index in [0.29, 0.717) is 32.5 Å². The summed E-state index contributed by atoms with van der Waals surface area (Å²) < 4.78 is 0.661. The number of benzene rings is 2. The molecule has 0 atom stereocenters. The number of nitrogens with one attached hydrogen (secondary N) is 1. The zero-order valence-corrected chi connectivity index (χ0v) is 17.6. The number of amides is 3. The van der Waals surface area contributed by atoms with Gasteiger partial charge in [0.15, 0.2) is 0 Å². The third kappa shape index (κ3) is 5.03. The van der Waals surface area contributed by atoms with Crippen LogP contribution in [0.1, 0.15) is 5.56 Å². The van der Waals surface area contributed by atoms with Gasteiger partial charge in [0.1, 0.15) is 6.54 Å². The highest BCUT2D eigenvalue weighted by molar-refractivity contribution is 9.10. The Morgan fingerprint density at radius 3 is 2.72 bits per heavy atom. The Kier molecular flexibility index (Phi) is 6.36. The number of hydrogen-bond acceptors (Lipinski definition) is 6. The predicted molar refractivity (Wildman–Crippen MR) is 114 cm³/mol. The van der Waals surface area contributed by atoms with Crippen LogP contribution < -0.4 is 5.32 Å². The topological polar surface area (TPSA) is 110 Å². The van der Waals surface area contributed by atoms with E-state index in [1.807, 2.05) is 0 Å². The van der Waals surface area contributed by atoms with Gasteiger partial charge in [-0.15, -0.1) is 0 Å². The number of thioether (sulfide) groups is 1. The van der Waals surface area contributed by atoms with E-state index in [1.54, 1.807) is 18.2 Å². The summed E-state index contributed by atoms with van der Waals surface area (Å²) in [5.41, 5.74) is 0.687. The van der Waals surface area contributed by atoms with Crippen molar-refractivity contribution in [3.8, 4) is 0 Å². The van der Waals surface area contributed by atoms with Gasteiger partial charge in [-0.05, 0) is 57.5 Å². The molecule has 0 spiro atoms. The molecular formula is C18H11BrClN3O5S. The maximum absolute atomic E-state index is 12.5. The zero-order chi connectivity index (χ0) is 21.1. The van der Waals surface area contributed by atoms with Crippen molar-refractivity contribution in [3.05, 3.63) is 72.5 Å². The van der Waals surface area contributed by atoms with Gasteiger partial charge in [-0.3, -0.25) is 29.4 Å². The van der Waals surface area contributed by atoms with Crippen molar-refractivity contribution in [2.24, 2.45) is 0 Å². The van der Waals surface area contributed by atoms with Gasteiger partial charge >= 0.3 is 0 Å². The first kappa shape index (κ1) is 21.0. The molecule has 1 fully saturated rings. The highest BCUT2D eigenvalue weighted by Gasteiger charge is 2.36. The van der Waals surface area contributed by atoms with Gasteiger partial charge in [0.25, 0.3) is 16.8 Å². The van der Waals surface area contributed by atoms with Crippen molar-refractivity contribution in [1.29, 1.82) is 0 Å². The number of non-ortho nitro benzene ring substituents is 1. The molecule has 11 heteroatoms. The molecule has 3 rings (SSSR count). The molecule has 1 heterocycles. The Morgan fingerprint density at radius 2 is 2.03 bits per heavy atom. The lowest BCUT2D eigenvalue weighted by atomic mass is 10.2. The molecule has 1 aliphatic heterocycles. The van der Waals surface area contributed by atoms with Crippen LogP contribution in [0.25, 0.3) is 6.08 Å². The number of nitro benzene ring substituents is 1. The van der Waals surface area contributed by atoms with Crippen molar-refractivity contribution >= 4 is 73.8 Å². The van der Waals surface area contributed by atoms with Crippen LogP contribution >= 0.6 is 39.3 Å². The van der Waals surface area contributed by atoms with Crippen molar-refractivity contribution in [2.45, 2.75) is 0 Å². The lowest BCUT2D eigenvalue weighted by Gasteiger charge is -2.12. The summed E-state index contributed by atoms with van der Waals surface area (Å²) in [6.07, 6.45) is 1.38. The SMILES string of the molecule is O=C(CN1C(=O)S/C(=C/c2cccc([N+](=O)[O-])c2)C1=O)Nc1ccc(Br)c(Cl)c1. The number of nitrogens with zero attached hydrogens (tertiary/aromatic N) is 2. The molecule has 0 aliphatic carbocycles. The second kappa shape index (κ2) is 8.76. The number of hydrogen-bond donors (Lipinski definition) is 1. The minimum absolute atomic E-state index is 0.0787. The van der Waals surface area contributed by atoms with E-state index in [-0.39, 0.29) is 10.6 Å². The summed E-state index contributed by atoms with van der Waals surface area (Å²) in [5, 5.41) is 13.2. The van der Waals surface area contributed by atoms with Gasteiger partial charge in [0, 0.05) is 22.3 Å². The number of carbonyl (C=O) groups excluding carboxylic acids is 3. The first-order valence-corrected chi connectivity index (χ1v) is 9.98. The third-order valence-electron chi connectivity index (χ3n) is 3.76. The van der Waals surface area contributed by atoms with E-state index < -0.39 is 28.5 Å². The number of carbonyl (C=O) groups is 3. The first-order chi connectivity index (χ1) is 13.7. The minimum atomic E-state index is -0.643. The molecule has 0 saturated carbocycles. The zero-order valence-electron chi connectivity index (χ0n) is 14.4. The molecule has 29 heavy (non-hydrogen) atoms. The lowest BCUT2D eigenvalue weighted by molar-refractivity contribution is -0.384. The molecule has 148 valence electrons. The fraction of sp³-hybridized carbons (Fsp3) is 0.0556. The van der Waals surface area contributed by atoms with E-state index in [0.717, 1.165) is 4.90 Å². The lowest BCUT2D eigenvalue weighted by Crippen LogP contribution is -2.36. The van der Waals surface area contributed by atoms with Crippen LogP contribution in [0, 0.1) is 10.1 Å². The smallest absolute Gasteiger partial charge is 0.294 e. The maximum atomic E-state index is 12.5. The second-order valence-corrected chi connectivity index (χ2v) is 8.05. The van der Waals surface area contributed by atoms with Gasteiger partial charge in [-0.1, -0.05) is 23.7 Å². The molecule has 0 aromatic heterocycles. The number of halogens is 2. The van der Waals surface area contributed by atoms with Crippen LogP contribution in [0.2, 0.25) is 5.02 Å². The minimum Gasteiger partial charge on any atom is -0.324 e. The average Bonchev–Trinajstić information content (AvgIpc) is 2.92. The summed E-state index contributed by atoms with van der Waals surface area (Å²) in [4.78, 5) is 48.1. The Bertz CT molecular complexity index is 1080. The molecule has 0 unspecified atom stereocenters. The second-order valence-electron chi connectivity index (χ2n) is 5.80. The van der Waals surface area contributed by atoms with Crippen molar-refractivity contribution in [1.82, 2.24) is 4.90 Å². The molecule has 1 saturated heterocycles. The molecule has 2 aromatic rings. The van der Waals surface area contributed by atoms with Gasteiger partial charge in [-0.25, -0.2) is 0 Å². The third-order valence-corrected chi connectivity index (χ3v) is 5.90. The average molecular weight is 497 g/mol. The number of rotatable bonds is 5. The monoisotopic (exact) mass is 495 g/mol. The molecule has 0 bridgehead atoms. The number of imide groups is 1. The van der Waals surface area contributed by atoms with Crippen LogP contribution in [-0.2, 0) is 9.59 Å². The van der Waals surface area contributed by atoms with Gasteiger partial charge in [-0.2, -0.15) is 0 Å². The van der Waals surface area contributed by atoms with Crippen molar-refractivity contribution < 1.29 is 19.3 Å². The van der Waals surface area contributed by atoms with E-state index in [1.165, 1.54) is 30.3 Å². The fourth-order valence-electron chi connectivity index (χ4n) is 2.43. The van der Waals surface area contributed by atoms with Gasteiger partial charge < -0.3 is 5.32 Å². The highest BCUT2D eigenvalue weighted by Crippen LogP contribution is 2.32. The van der Waals surface area contributed by atoms with Gasteiger partial charge in [0.2, 0.25) is 5.91 Å². The van der Waals surface area contributed by atoms with Crippen LogP contribution in [0.5, 0.6) is 0 Å². The van der Waals surface area contributed by atoms with Crippen LogP contribution in [0.4, 0.5) is 16.2 Å². The van der Waals surface area contributed by atoms with Crippen LogP contribution in [-0.4, -0.2) is 33.4 Å². The van der Waals surface area contributed by atoms with Gasteiger partial charge in [0.05, 0.1) is 14.9 Å². The number of nitro groups is 1. The van der Waals surface area contributed by atoms with E-state index >= 15 is 0 Å². The summed E-state index contributed by atoms with van der Waals surface area (Å²) in [6.45, 7) is -0.468. The summed E-state index contributed by atoms with van der Waals surface area (Å²) in [5.74, 6) is -1.21. The van der Waals surface area contributed by atoms with E-state index in [2.05, 4.69) is 21.2 Å². The van der Waals surface area contributed by atoms with E-state index in [9.17, 15) is 24.5 Å². The Hall–Kier alpha value is -2.69. The largest absolute Gasteiger partial charge is 0.324 e. The molecule has 1 N–H and O–H groups in total. The van der Waals surface area contributed by atoms with Crippen LogP contribution in [0.3, 0.4) is 0 Å². The summed E-state index contributed by atoms with van der Waals surface area (Å²) in [6, 6.07) is 10.5.